The van der Waals surface area contributed by atoms with Crippen molar-refractivity contribution in [3.05, 3.63) is 30.0 Å². The van der Waals surface area contributed by atoms with E-state index in [1.165, 1.54) is 0 Å². The summed E-state index contributed by atoms with van der Waals surface area (Å²) in [6.07, 6.45) is -0.0771. The Hall–Kier alpha value is -2.53. The standard InChI is InChI=1S/C26H32F3N5O3S2/c27-26(28,29)16-31-24-32-21(19-3-1-2-4-20(19)23(35)33-25(15-30)9-10-25)22(38-24)17-5-7-18(8-6-17)34-11-13-39(36,37)14-12-34/h5-8,19-20,36-37H,1-4,9-14,16H2,(H,31,32)(H,33,35)/t19-,20-/m1/s1. The Labute approximate surface area is 231 Å². The number of rotatable bonds is 7. The van der Waals surface area contributed by atoms with Crippen molar-refractivity contribution in [2.24, 2.45) is 5.92 Å². The topological polar surface area (TPSA) is 122 Å². The molecule has 1 aliphatic heterocycles. The highest BCUT2D eigenvalue weighted by Crippen LogP contribution is 2.46. The molecule has 1 aromatic carbocycles. The summed E-state index contributed by atoms with van der Waals surface area (Å²) in [5, 5.41) is 14.9. The van der Waals surface area contributed by atoms with E-state index in [9.17, 15) is 32.3 Å². The summed E-state index contributed by atoms with van der Waals surface area (Å²) in [5.74, 6) is -0.226. The van der Waals surface area contributed by atoms with E-state index in [0.717, 1.165) is 40.3 Å². The Morgan fingerprint density at radius 2 is 1.85 bits per heavy atom. The van der Waals surface area contributed by atoms with Gasteiger partial charge in [-0.25, -0.2) is 4.98 Å². The van der Waals surface area contributed by atoms with Crippen LogP contribution < -0.4 is 15.5 Å². The first kappa shape index (κ1) is 28.0. The largest absolute Gasteiger partial charge is 0.405 e. The third kappa shape index (κ3) is 6.62. The van der Waals surface area contributed by atoms with Crippen molar-refractivity contribution in [2.75, 3.05) is 41.4 Å². The highest BCUT2D eigenvalue weighted by Gasteiger charge is 2.47. The highest BCUT2D eigenvalue weighted by atomic mass is 32.3. The van der Waals surface area contributed by atoms with Gasteiger partial charge in [0.15, 0.2) is 5.13 Å². The molecule has 39 heavy (non-hydrogen) atoms. The van der Waals surface area contributed by atoms with Crippen LogP contribution in [0.1, 0.15) is 50.1 Å². The Morgan fingerprint density at radius 1 is 1.18 bits per heavy atom. The molecule has 0 unspecified atom stereocenters. The maximum absolute atomic E-state index is 13.3. The van der Waals surface area contributed by atoms with Gasteiger partial charge in [-0.05, 0) is 43.4 Å². The molecular formula is C26H32F3N5O3S2. The summed E-state index contributed by atoms with van der Waals surface area (Å²) in [4.78, 5) is 20.7. The molecule has 2 heterocycles. The van der Waals surface area contributed by atoms with Crippen molar-refractivity contribution in [1.29, 1.82) is 5.26 Å². The predicted molar refractivity (Wildman–Crippen MR) is 147 cm³/mol. The van der Waals surface area contributed by atoms with E-state index in [1.54, 1.807) is 0 Å². The average Bonchev–Trinajstić information content (AvgIpc) is 3.55. The second-order valence-electron chi connectivity index (χ2n) is 10.6. The fourth-order valence-corrected chi connectivity index (χ4v) is 7.61. The van der Waals surface area contributed by atoms with Crippen LogP contribution in [0.5, 0.6) is 0 Å². The summed E-state index contributed by atoms with van der Waals surface area (Å²) < 4.78 is 58.7. The fourth-order valence-electron chi connectivity index (χ4n) is 5.34. The van der Waals surface area contributed by atoms with Crippen molar-refractivity contribution >= 4 is 38.7 Å². The highest BCUT2D eigenvalue weighted by molar-refractivity contribution is 8.24. The number of halogens is 3. The number of thiazole rings is 1. The Bertz CT molecular complexity index is 1230. The average molecular weight is 584 g/mol. The van der Waals surface area contributed by atoms with E-state index >= 15 is 0 Å². The first-order valence-corrected chi connectivity index (χ1v) is 15.8. The number of anilines is 2. The SMILES string of the molecule is N#CC1(NC(=O)[C@@H]2CCCC[C@H]2c2nc(NCC(F)(F)F)sc2-c2ccc(N3CCS(O)(O)CC3)cc2)CC1. The number of nitrogens with zero attached hydrogens (tertiary/aromatic N) is 3. The zero-order valence-corrected chi connectivity index (χ0v) is 23.0. The van der Waals surface area contributed by atoms with E-state index in [-0.39, 0.29) is 17.0 Å². The van der Waals surface area contributed by atoms with Crippen molar-refractivity contribution in [2.45, 2.75) is 56.2 Å². The van der Waals surface area contributed by atoms with E-state index < -0.39 is 34.8 Å². The van der Waals surface area contributed by atoms with Gasteiger partial charge < -0.3 is 15.5 Å². The van der Waals surface area contributed by atoms with Gasteiger partial charge in [0.25, 0.3) is 0 Å². The van der Waals surface area contributed by atoms with E-state index in [0.29, 0.717) is 56.0 Å². The number of alkyl halides is 3. The van der Waals surface area contributed by atoms with Crippen LogP contribution in [0.2, 0.25) is 0 Å². The van der Waals surface area contributed by atoms with Gasteiger partial charge in [-0.1, -0.05) is 36.3 Å². The van der Waals surface area contributed by atoms with Gasteiger partial charge in [-0.15, -0.1) is 0 Å². The number of carbonyl (C=O) groups is 1. The monoisotopic (exact) mass is 583 g/mol. The fraction of sp³-hybridized carbons (Fsp3) is 0.577. The minimum atomic E-state index is -4.40. The number of nitriles is 1. The Balaban J connectivity index is 1.43. The third-order valence-corrected chi connectivity index (χ3v) is 10.5. The summed E-state index contributed by atoms with van der Waals surface area (Å²) in [5.41, 5.74) is 1.55. The molecule has 212 valence electrons. The Kier molecular flexibility index (Phi) is 7.76. The second kappa shape index (κ2) is 10.8. The molecule has 2 atom stereocenters. The number of aromatic nitrogens is 1. The number of benzene rings is 1. The van der Waals surface area contributed by atoms with Crippen LogP contribution in [0.25, 0.3) is 10.4 Å². The lowest BCUT2D eigenvalue weighted by atomic mass is 9.76. The molecule has 1 aromatic heterocycles. The summed E-state index contributed by atoms with van der Waals surface area (Å²) in [7, 11) is -2.51. The molecule has 5 rings (SSSR count). The smallest absolute Gasteiger partial charge is 0.368 e. The zero-order valence-electron chi connectivity index (χ0n) is 21.3. The molecule has 1 amide bonds. The molecule has 1 saturated heterocycles. The molecule has 3 aliphatic rings. The van der Waals surface area contributed by atoms with Gasteiger partial charge >= 0.3 is 6.18 Å². The molecule has 2 aliphatic carbocycles. The summed E-state index contributed by atoms with van der Waals surface area (Å²) in [6.45, 7) is -0.143. The number of carbonyl (C=O) groups excluding carboxylic acids is 1. The first-order chi connectivity index (χ1) is 18.5. The minimum Gasteiger partial charge on any atom is -0.368 e. The lowest BCUT2D eigenvalue weighted by molar-refractivity contribution is -0.127. The zero-order chi connectivity index (χ0) is 27.8. The maximum Gasteiger partial charge on any atom is 0.405 e. The lowest BCUT2D eigenvalue weighted by Gasteiger charge is -2.41. The van der Waals surface area contributed by atoms with Gasteiger partial charge in [-0.3, -0.25) is 13.9 Å². The quantitative estimate of drug-likeness (QED) is 0.325. The van der Waals surface area contributed by atoms with Crippen LogP contribution in [0, 0.1) is 17.2 Å². The van der Waals surface area contributed by atoms with Gasteiger partial charge in [-0.2, -0.15) is 29.0 Å². The van der Waals surface area contributed by atoms with Crippen LogP contribution in [0.3, 0.4) is 0 Å². The normalized spacial score (nSPS) is 24.9. The van der Waals surface area contributed by atoms with Crippen molar-refractivity contribution < 1.29 is 27.1 Å². The molecule has 0 spiro atoms. The molecule has 0 radical (unpaired) electrons. The van der Waals surface area contributed by atoms with Gasteiger partial charge in [0.1, 0.15) is 12.1 Å². The van der Waals surface area contributed by atoms with Crippen LogP contribution >= 0.6 is 21.9 Å². The third-order valence-electron chi connectivity index (χ3n) is 7.74. The maximum atomic E-state index is 13.3. The van der Waals surface area contributed by atoms with Crippen LogP contribution in [0.4, 0.5) is 24.0 Å². The predicted octanol–water partition coefficient (Wildman–Crippen LogP) is 5.80. The van der Waals surface area contributed by atoms with Crippen LogP contribution in [-0.2, 0) is 4.79 Å². The van der Waals surface area contributed by atoms with Crippen LogP contribution in [0.15, 0.2) is 24.3 Å². The molecule has 3 fully saturated rings. The molecule has 2 aromatic rings. The summed E-state index contributed by atoms with van der Waals surface area (Å²) in [6, 6.07) is 9.85. The van der Waals surface area contributed by atoms with E-state index in [2.05, 4.69) is 26.6 Å². The molecule has 0 bridgehead atoms. The summed E-state index contributed by atoms with van der Waals surface area (Å²) >= 11 is 1.15. The number of hydrogen-bond acceptors (Lipinski definition) is 8. The molecule has 4 N–H and O–H groups in total. The van der Waals surface area contributed by atoms with Crippen molar-refractivity contribution in [3.8, 4) is 16.5 Å². The van der Waals surface area contributed by atoms with E-state index in [1.807, 2.05) is 24.3 Å². The van der Waals surface area contributed by atoms with E-state index in [4.69, 9.17) is 0 Å². The van der Waals surface area contributed by atoms with Crippen molar-refractivity contribution in [1.82, 2.24) is 10.3 Å². The molecular weight excluding hydrogens is 551 g/mol. The van der Waals surface area contributed by atoms with Gasteiger partial charge in [0.05, 0.1) is 28.1 Å². The second-order valence-corrected chi connectivity index (χ2v) is 14.0. The minimum absolute atomic E-state index is 0.156. The van der Waals surface area contributed by atoms with Crippen molar-refractivity contribution in [3.63, 3.8) is 0 Å². The first-order valence-electron chi connectivity index (χ1n) is 13.1. The number of amides is 1. The lowest BCUT2D eigenvalue weighted by Crippen LogP contribution is -2.42. The van der Waals surface area contributed by atoms with Gasteiger partial charge in [0.2, 0.25) is 5.91 Å². The molecule has 13 heteroatoms. The van der Waals surface area contributed by atoms with Gasteiger partial charge in [0, 0.05) is 30.6 Å². The molecule has 2 saturated carbocycles. The van der Waals surface area contributed by atoms with Crippen LogP contribution in [-0.4, -0.2) is 62.9 Å². The number of nitrogens with one attached hydrogen (secondary N) is 2. The number of hydrogen-bond donors (Lipinski definition) is 4. The Morgan fingerprint density at radius 3 is 2.46 bits per heavy atom. The molecule has 8 nitrogen and oxygen atoms in total.